The van der Waals surface area contributed by atoms with Gasteiger partial charge in [-0.05, 0) is 61.9 Å². The van der Waals surface area contributed by atoms with Crippen molar-refractivity contribution in [2.45, 2.75) is 13.8 Å². The molecule has 0 unspecified atom stereocenters. The highest BCUT2D eigenvalue weighted by molar-refractivity contribution is 6.39. The minimum Gasteiger partial charge on any atom is -0.318 e. The molecule has 0 atom stereocenters. The van der Waals surface area contributed by atoms with E-state index >= 15 is 0 Å². The number of anilines is 1. The summed E-state index contributed by atoms with van der Waals surface area (Å²) in [5.41, 5.74) is 3.62. The summed E-state index contributed by atoms with van der Waals surface area (Å²) in [4.78, 5) is 38.7. The van der Waals surface area contributed by atoms with Crippen molar-refractivity contribution in [3.8, 4) is 5.69 Å². The topological polar surface area (TPSA) is 71.4 Å². The molecule has 0 aliphatic carbocycles. The Labute approximate surface area is 178 Å². The van der Waals surface area contributed by atoms with Crippen LogP contribution >= 0.6 is 11.6 Å². The molecular formula is C23H18ClN3O3. The van der Waals surface area contributed by atoms with Crippen molar-refractivity contribution in [1.29, 1.82) is 0 Å². The van der Waals surface area contributed by atoms with Crippen LogP contribution in [0, 0.1) is 13.8 Å². The number of halogens is 1. The lowest BCUT2D eigenvalue weighted by atomic mass is 10.1. The number of barbiturate groups is 1. The normalized spacial score (nSPS) is 15.6. The minimum absolute atomic E-state index is 0.107. The van der Waals surface area contributed by atoms with Gasteiger partial charge in [0.2, 0.25) is 0 Å². The zero-order chi connectivity index (χ0) is 21.4. The second kappa shape index (κ2) is 7.65. The van der Waals surface area contributed by atoms with Crippen molar-refractivity contribution >= 4 is 41.2 Å². The van der Waals surface area contributed by atoms with Crippen LogP contribution < -0.4 is 10.2 Å². The van der Waals surface area contributed by atoms with Crippen LogP contribution in [0.25, 0.3) is 11.8 Å². The zero-order valence-electron chi connectivity index (χ0n) is 16.3. The molecule has 1 saturated heterocycles. The van der Waals surface area contributed by atoms with Gasteiger partial charge >= 0.3 is 6.03 Å². The highest BCUT2D eigenvalue weighted by Gasteiger charge is 2.36. The first-order valence-electron chi connectivity index (χ1n) is 9.28. The number of aryl methyl sites for hydroxylation is 1. The average Bonchev–Trinajstić information content (AvgIpc) is 2.99. The lowest BCUT2D eigenvalue weighted by Crippen LogP contribution is -2.54. The zero-order valence-corrected chi connectivity index (χ0v) is 17.1. The summed E-state index contributed by atoms with van der Waals surface area (Å²) >= 11 is 6.13. The van der Waals surface area contributed by atoms with Crippen LogP contribution in [0.15, 0.2) is 66.2 Å². The standard InChI is InChI=1S/C23H18ClN3O3/c1-14-11-16(15(2)26(14)19-10-6-7-17(24)13-19)12-20-21(28)25-23(30)27(22(20)29)18-8-4-3-5-9-18/h3-13H,1-2H3,(H,25,28,30)/b20-12+. The Bertz CT molecular complexity index is 1210. The number of carbonyl (C=O) groups excluding carboxylic acids is 3. The Balaban J connectivity index is 1.77. The highest BCUT2D eigenvalue weighted by Crippen LogP contribution is 2.26. The van der Waals surface area contributed by atoms with Gasteiger partial charge in [-0.2, -0.15) is 0 Å². The summed E-state index contributed by atoms with van der Waals surface area (Å²) in [7, 11) is 0. The van der Waals surface area contributed by atoms with E-state index in [1.807, 2.05) is 42.7 Å². The predicted octanol–water partition coefficient (Wildman–Crippen LogP) is 4.41. The molecule has 0 saturated carbocycles. The van der Waals surface area contributed by atoms with Crippen LogP contribution in [-0.2, 0) is 9.59 Å². The highest BCUT2D eigenvalue weighted by atomic mass is 35.5. The van der Waals surface area contributed by atoms with Crippen LogP contribution in [-0.4, -0.2) is 22.4 Å². The number of hydrogen-bond acceptors (Lipinski definition) is 3. The second-order valence-electron chi connectivity index (χ2n) is 6.94. The fourth-order valence-corrected chi connectivity index (χ4v) is 3.76. The van der Waals surface area contributed by atoms with Gasteiger partial charge in [-0.15, -0.1) is 0 Å². The lowest BCUT2D eigenvalue weighted by molar-refractivity contribution is -0.122. The summed E-state index contributed by atoms with van der Waals surface area (Å²) in [6.07, 6.45) is 1.52. The van der Waals surface area contributed by atoms with Crippen LogP contribution in [0.1, 0.15) is 17.0 Å². The van der Waals surface area contributed by atoms with Crippen LogP contribution in [0.3, 0.4) is 0 Å². The molecular weight excluding hydrogens is 402 g/mol. The molecule has 1 aliphatic heterocycles. The summed E-state index contributed by atoms with van der Waals surface area (Å²) in [6.45, 7) is 3.82. The maximum absolute atomic E-state index is 13.0. The van der Waals surface area contributed by atoms with E-state index in [1.165, 1.54) is 6.08 Å². The minimum atomic E-state index is -0.766. The molecule has 4 amide bonds. The van der Waals surface area contributed by atoms with E-state index in [9.17, 15) is 14.4 Å². The molecule has 0 radical (unpaired) electrons. The molecule has 2 heterocycles. The number of urea groups is 1. The molecule has 0 spiro atoms. The maximum Gasteiger partial charge on any atom is 0.335 e. The van der Waals surface area contributed by atoms with Crippen LogP contribution in [0.5, 0.6) is 0 Å². The van der Waals surface area contributed by atoms with E-state index in [-0.39, 0.29) is 5.57 Å². The number of carbonyl (C=O) groups is 3. The number of benzene rings is 2. The first kappa shape index (κ1) is 19.7. The Kier molecular flexibility index (Phi) is 5.01. The Hall–Kier alpha value is -3.64. The summed E-state index contributed by atoms with van der Waals surface area (Å²) in [6, 6.07) is 17.0. The SMILES string of the molecule is Cc1cc(/C=C2\C(=O)NC(=O)N(c3ccccc3)C2=O)c(C)n1-c1cccc(Cl)c1. The van der Waals surface area contributed by atoms with Crippen molar-refractivity contribution in [3.63, 3.8) is 0 Å². The molecule has 150 valence electrons. The van der Waals surface area contributed by atoms with Gasteiger partial charge in [0.1, 0.15) is 5.57 Å². The van der Waals surface area contributed by atoms with Crippen molar-refractivity contribution in [1.82, 2.24) is 9.88 Å². The monoisotopic (exact) mass is 419 g/mol. The summed E-state index contributed by atoms with van der Waals surface area (Å²) < 4.78 is 1.99. The molecule has 2 aromatic carbocycles. The fourth-order valence-electron chi connectivity index (χ4n) is 3.57. The second-order valence-corrected chi connectivity index (χ2v) is 7.37. The van der Waals surface area contributed by atoms with Crippen LogP contribution in [0.2, 0.25) is 5.02 Å². The van der Waals surface area contributed by atoms with E-state index in [2.05, 4.69) is 5.32 Å². The van der Waals surface area contributed by atoms with E-state index in [0.29, 0.717) is 16.3 Å². The molecule has 1 fully saturated rings. The third kappa shape index (κ3) is 3.42. The van der Waals surface area contributed by atoms with E-state index < -0.39 is 17.8 Å². The third-order valence-corrected chi connectivity index (χ3v) is 5.19. The van der Waals surface area contributed by atoms with Gasteiger partial charge in [0, 0.05) is 22.1 Å². The third-order valence-electron chi connectivity index (χ3n) is 4.95. The number of amides is 4. The van der Waals surface area contributed by atoms with Gasteiger partial charge in [0.25, 0.3) is 11.8 Å². The first-order chi connectivity index (χ1) is 14.4. The largest absolute Gasteiger partial charge is 0.335 e. The van der Waals surface area contributed by atoms with Gasteiger partial charge in [0.15, 0.2) is 0 Å². The number of aromatic nitrogens is 1. The first-order valence-corrected chi connectivity index (χ1v) is 9.66. The molecule has 3 aromatic rings. The molecule has 7 heteroatoms. The molecule has 6 nitrogen and oxygen atoms in total. The lowest BCUT2D eigenvalue weighted by Gasteiger charge is -2.26. The van der Waals surface area contributed by atoms with Gasteiger partial charge in [0.05, 0.1) is 5.69 Å². The smallest absolute Gasteiger partial charge is 0.318 e. The predicted molar refractivity (Wildman–Crippen MR) is 116 cm³/mol. The average molecular weight is 420 g/mol. The van der Waals surface area contributed by atoms with Gasteiger partial charge in [-0.1, -0.05) is 35.9 Å². The van der Waals surface area contributed by atoms with Gasteiger partial charge in [-0.3, -0.25) is 14.9 Å². The number of hydrogen-bond donors (Lipinski definition) is 1. The molecule has 1 aromatic heterocycles. The Morgan fingerprint density at radius 2 is 1.60 bits per heavy atom. The summed E-state index contributed by atoms with van der Waals surface area (Å²) in [5, 5.41) is 2.85. The van der Waals surface area contributed by atoms with E-state index in [0.717, 1.165) is 22.0 Å². The molecule has 1 aliphatic rings. The molecule has 0 bridgehead atoms. The maximum atomic E-state index is 13.0. The number of nitrogens with zero attached hydrogens (tertiary/aromatic N) is 2. The van der Waals surface area contributed by atoms with Crippen molar-refractivity contribution in [2.24, 2.45) is 0 Å². The van der Waals surface area contributed by atoms with Crippen LogP contribution in [0.4, 0.5) is 10.5 Å². The number of nitrogens with one attached hydrogen (secondary N) is 1. The fraction of sp³-hybridized carbons (Fsp3) is 0.0870. The molecule has 1 N–H and O–H groups in total. The molecule has 4 rings (SSSR count). The molecule has 30 heavy (non-hydrogen) atoms. The number of para-hydroxylation sites is 1. The van der Waals surface area contributed by atoms with E-state index in [4.69, 9.17) is 11.6 Å². The Morgan fingerprint density at radius 1 is 0.900 bits per heavy atom. The number of rotatable bonds is 3. The van der Waals surface area contributed by atoms with Crippen molar-refractivity contribution in [3.05, 3.63) is 88.2 Å². The van der Waals surface area contributed by atoms with Gasteiger partial charge < -0.3 is 4.57 Å². The quantitative estimate of drug-likeness (QED) is 0.504. The van der Waals surface area contributed by atoms with E-state index in [1.54, 1.807) is 36.4 Å². The van der Waals surface area contributed by atoms with Crippen molar-refractivity contribution < 1.29 is 14.4 Å². The Morgan fingerprint density at radius 3 is 2.30 bits per heavy atom. The summed E-state index contributed by atoms with van der Waals surface area (Å²) in [5.74, 6) is -1.38. The number of imide groups is 2. The van der Waals surface area contributed by atoms with Gasteiger partial charge in [-0.25, -0.2) is 9.69 Å². The van der Waals surface area contributed by atoms with Crippen molar-refractivity contribution in [2.75, 3.05) is 4.90 Å².